The predicted octanol–water partition coefficient (Wildman–Crippen LogP) is 4.04. The van der Waals surface area contributed by atoms with Crippen LogP contribution in [0.3, 0.4) is 0 Å². The van der Waals surface area contributed by atoms with Crippen LogP contribution < -0.4 is 15.8 Å². The lowest BCUT2D eigenvalue weighted by molar-refractivity contribution is -0.119. The molecule has 10 nitrogen and oxygen atoms in total. The number of carbonyl (C=O) groups excluding carboxylic acids is 1. The molecule has 0 saturated carbocycles. The van der Waals surface area contributed by atoms with Gasteiger partial charge in [-0.1, -0.05) is 12.2 Å². The second-order valence-corrected chi connectivity index (χ2v) is 9.28. The normalized spacial score (nSPS) is 14.2. The Morgan fingerprint density at radius 1 is 1.30 bits per heavy atom. The van der Waals surface area contributed by atoms with Gasteiger partial charge >= 0.3 is 0 Å². The fraction of sp³-hybridized carbons (Fsp3) is 0.370. The number of nitrogens with one attached hydrogen (secondary N) is 1. The summed E-state index contributed by atoms with van der Waals surface area (Å²) in [5.74, 6) is 0.717. The highest BCUT2D eigenvalue weighted by atomic mass is 16.1. The molecule has 1 fully saturated rings. The second-order valence-electron chi connectivity index (χ2n) is 9.28. The average molecular weight is 503 g/mol. The van der Waals surface area contributed by atoms with E-state index in [0.717, 1.165) is 18.8 Å². The van der Waals surface area contributed by atoms with Gasteiger partial charge < -0.3 is 10.2 Å². The van der Waals surface area contributed by atoms with Crippen LogP contribution >= 0.6 is 0 Å². The van der Waals surface area contributed by atoms with Crippen molar-refractivity contribution in [3.05, 3.63) is 65.1 Å². The van der Waals surface area contributed by atoms with Crippen LogP contribution in [0.2, 0.25) is 0 Å². The van der Waals surface area contributed by atoms with E-state index in [9.17, 15) is 9.59 Å². The number of carbonyl (C=O) groups is 1. The lowest BCUT2D eigenvalue weighted by Gasteiger charge is -2.20. The van der Waals surface area contributed by atoms with Crippen molar-refractivity contribution in [2.24, 2.45) is 5.10 Å². The number of benzene rings is 1. The van der Waals surface area contributed by atoms with Gasteiger partial charge in [0.2, 0.25) is 12.4 Å². The molecule has 3 aromatic rings. The molecule has 10 heteroatoms. The van der Waals surface area contributed by atoms with E-state index in [0.29, 0.717) is 29.2 Å². The molecule has 0 atom stereocenters. The summed E-state index contributed by atoms with van der Waals surface area (Å²) in [7, 11) is 0. The smallest absolute Gasteiger partial charge is 0.278 e. The first-order valence-corrected chi connectivity index (χ1v) is 12.5. The lowest BCUT2D eigenvalue weighted by atomic mass is 10.1. The molecule has 2 aromatic heterocycles. The summed E-state index contributed by atoms with van der Waals surface area (Å²) in [6.45, 7) is 13.8. The highest BCUT2D eigenvalue weighted by Crippen LogP contribution is 2.27. The largest absolute Gasteiger partial charge is 0.371 e. The van der Waals surface area contributed by atoms with Gasteiger partial charge in [-0.05, 0) is 70.4 Å². The lowest BCUT2D eigenvalue weighted by Crippen LogP contribution is -2.31. The van der Waals surface area contributed by atoms with Gasteiger partial charge in [0, 0.05) is 36.7 Å². The quantitative estimate of drug-likeness (QED) is 0.156. The zero-order chi connectivity index (χ0) is 26.5. The summed E-state index contributed by atoms with van der Waals surface area (Å²) in [4.78, 5) is 36.4. The number of hydrogen-bond acceptors (Lipinski definition) is 7. The van der Waals surface area contributed by atoms with Gasteiger partial charge in [0.05, 0.1) is 6.54 Å². The Morgan fingerprint density at radius 2 is 2.05 bits per heavy atom. The number of aryl methyl sites for hydroxylation is 1. The number of nitrogens with zero attached hydrogens (tertiary/aromatic N) is 7. The van der Waals surface area contributed by atoms with Crippen molar-refractivity contribution in [1.82, 2.24) is 24.3 Å². The molecule has 1 aliphatic rings. The Kier molecular flexibility index (Phi) is 7.86. The highest BCUT2D eigenvalue weighted by molar-refractivity contribution is 5.99. The minimum atomic E-state index is -0.272. The summed E-state index contributed by atoms with van der Waals surface area (Å²) in [5, 5.41) is 9.43. The first-order valence-electron chi connectivity index (χ1n) is 12.5. The maximum Gasteiger partial charge on any atom is 0.278 e. The molecule has 37 heavy (non-hydrogen) atoms. The predicted molar refractivity (Wildman–Crippen MR) is 149 cm³/mol. The Bertz CT molecular complexity index is 1410. The third-order valence-corrected chi connectivity index (χ3v) is 6.26. The van der Waals surface area contributed by atoms with E-state index in [1.165, 1.54) is 40.0 Å². The van der Waals surface area contributed by atoms with Crippen molar-refractivity contribution in [3.63, 3.8) is 0 Å². The maximum atomic E-state index is 13.2. The zero-order valence-electron chi connectivity index (χ0n) is 21.9. The Balaban J connectivity index is 1.79. The molecule has 4 rings (SSSR count). The van der Waals surface area contributed by atoms with Gasteiger partial charge in [-0.3, -0.25) is 9.59 Å². The van der Waals surface area contributed by atoms with E-state index in [1.807, 2.05) is 26.8 Å². The number of anilines is 3. The monoisotopic (exact) mass is 502 g/mol. The summed E-state index contributed by atoms with van der Waals surface area (Å²) in [6, 6.07) is 6.04. The minimum Gasteiger partial charge on any atom is -0.371 e. The Labute approximate surface area is 216 Å². The molecule has 3 heterocycles. The number of hydrogen-bond donors (Lipinski definition) is 1. The van der Waals surface area contributed by atoms with Gasteiger partial charge in [0.15, 0.2) is 11.5 Å². The Morgan fingerprint density at radius 3 is 2.68 bits per heavy atom. The number of amides is 1. The number of allylic oxidation sites excluding steroid dienone is 3. The fourth-order valence-corrected chi connectivity index (χ4v) is 4.46. The molecular formula is C27H34N8O2. The van der Waals surface area contributed by atoms with Crippen molar-refractivity contribution in [1.29, 1.82) is 0 Å². The van der Waals surface area contributed by atoms with Crippen LogP contribution in [0.1, 0.15) is 39.2 Å². The van der Waals surface area contributed by atoms with Crippen molar-refractivity contribution in [3.8, 4) is 0 Å². The van der Waals surface area contributed by atoms with E-state index < -0.39 is 0 Å². The summed E-state index contributed by atoms with van der Waals surface area (Å²) in [6.07, 6.45) is 9.77. The second kappa shape index (κ2) is 11.2. The molecule has 0 spiro atoms. The standard InChI is InChI=1S/C27H34N8O2/c1-6-10-24(31-33(18-36)19(3)4)35-25-22(26(37)34(35)13-7-2)17-28-27(30-25)29-21-11-12-23(20(5)16-21)32-14-8-9-15-32/h6-7,10-12,16-19H,2,8-9,13-15H2,1,3-5H3,(H,28,29,30)/b10-6-,31-24+. The van der Waals surface area contributed by atoms with Gasteiger partial charge in [0.25, 0.3) is 5.56 Å². The number of fused-ring (bicyclic) bond motifs is 1. The summed E-state index contributed by atoms with van der Waals surface area (Å²) < 4.78 is 3.08. The molecule has 1 aliphatic heterocycles. The van der Waals surface area contributed by atoms with Gasteiger partial charge in [0.1, 0.15) is 5.39 Å². The molecule has 1 saturated heterocycles. The van der Waals surface area contributed by atoms with E-state index in [-0.39, 0.29) is 18.1 Å². The third-order valence-electron chi connectivity index (χ3n) is 6.26. The molecular weight excluding hydrogens is 468 g/mol. The van der Waals surface area contributed by atoms with Crippen molar-refractivity contribution >= 4 is 40.6 Å². The molecule has 194 valence electrons. The number of aromatic nitrogens is 4. The SMILES string of the molecule is C=CCn1c(=O)c2cnc(Nc3ccc(N4CCCC4)c(C)c3)nc2n1C(/C=C\C)=N/N(C=O)C(C)C. The van der Waals surface area contributed by atoms with E-state index >= 15 is 0 Å². The van der Waals surface area contributed by atoms with E-state index in [2.05, 4.69) is 45.9 Å². The minimum absolute atomic E-state index is 0.169. The van der Waals surface area contributed by atoms with Gasteiger partial charge in [-0.2, -0.15) is 10.1 Å². The molecule has 0 aliphatic carbocycles. The van der Waals surface area contributed by atoms with Crippen LogP contribution in [-0.4, -0.2) is 55.7 Å². The molecule has 1 N–H and O–H groups in total. The van der Waals surface area contributed by atoms with Crippen LogP contribution in [0.5, 0.6) is 0 Å². The molecule has 1 aromatic carbocycles. The van der Waals surface area contributed by atoms with Crippen LogP contribution in [0.15, 0.2) is 59.1 Å². The fourth-order valence-electron chi connectivity index (χ4n) is 4.46. The zero-order valence-corrected chi connectivity index (χ0v) is 21.9. The molecule has 1 amide bonds. The Hall–Kier alpha value is -4.21. The number of rotatable bonds is 9. The first-order chi connectivity index (χ1) is 17.9. The summed E-state index contributed by atoms with van der Waals surface area (Å²) >= 11 is 0. The molecule has 0 bridgehead atoms. The van der Waals surface area contributed by atoms with Crippen molar-refractivity contribution in [2.45, 2.75) is 53.1 Å². The topological polar surface area (TPSA) is 101 Å². The van der Waals surface area contributed by atoms with Crippen molar-refractivity contribution in [2.75, 3.05) is 23.3 Å². The van der Waals surface area contributed by atoms with Crippen molar-refractivity contribution < 1.29 is 4.79 Å². The van der Waals surface area contributed by atoms with Gasteiger partial charge in [-0.15, -0.1) is 6.58 Å². The van der Waals surface area contributed by atoms with E-state index in [1.54, 1.807) is 22.9 Å². The average Bonchev–Trinajstić information content (AvgIpc) is 3.49. The summed E-state index contributed by atoms with van der Waals surface area (Å²) in [5.41, 5.74) is 3.38. The number of hydrazone groups is 1. The van der Waals surface area contributed by atoms with Crippen LogP contribution in [-0.2, 0) is 11.3 Å². The molecule has 0 radical (unpaired) electrons. The van der Waals surface area contributed by atoms with E-state index in [4.69, 9.17) is 4.98 Å². The molecule has 0 unspecified atom stereocenters. The highest BCUT2D eigenvalue weighted by Gasteiger charge is 2.20. The first kappa shape index (κ1) is 25.9. The van der Waals surface area contributed by atoms with Crippen LogP contribution in [0.4, 0.5) is 17.3 Å². The van der Waals surface area contributed by atoms with Crippen LogP contribution in [0, 0.1) is 6.92 Å². The third kappa shape index (κ3) is 5.32. The van der Waals surface area contributed by atoms with Crippen LogP contribution in [0.25, 0.3) is 11.0 Å². The maximum absolute atomic E-state index is 13.2. The van der Waals surface area contributed by atoms with Gasteiger partial charge in [-0.25, -0.2) is 19.4 Å².